The van der Waals surface area contributed by atoms with Crippen LogP contribution in [0.4, 0.5) is 4.79 Å². The first-order chi connectivity index (χ1) is 11.2. The van der Waals surface area contributed by atoms with Crippen LogP contribution in [0.3, 0.4) is 0 Å². The van der Waals surface area contributed by atoms with Gasteiger partial charge in [0.25, 0.3) is 0 Å². The molecular weight excluding hydrogens is 324 g/mol. The molecule has 0 spiro atoms. The topological polar surface area (TPSA) is 61.8 Å². The SMILES string of the molecule is CC(C)CN(CCCNC(=O)OC(C)(C)C)Sc1ccc(O)cc1. The van der Waals surface area contributed by atoms with Gasteiger partial charge >= 0.3 is 6.09 Å². The van der Waals surface area contributed by atoms with E-state index < -0.39 is 5.60 Å². The monoisotopic (exact) mass is 354 g/mol. The van der Waals surface area contributed by atoms with E-state index in [9.17, 15) is 9.90 Å². The molecule has 0 aliphatic heterocycles. The molecule has 0 saturated heterocycles. The Morgan fingerprint density at radius 2 is 1.92 bits per heavy atom. The molecule has 1 aromatic rings. The van der Waals surface area contributed by atoms with E-state index in [-0.39, 0.29) is 11.8 Å². The highest BCUT2D eigenvalue weighted by Gasteiger charge is 2.16. The van der Waals surface area contributed by atoms with Gasteiger partial charge in [0.1, 0.15) is 11.4 Å². The third kappa shape index (κ3) is 9.67. The molecule has 5 nitrogen and oxygen atoms in total. The summed E-state index contributed by atoms with van der Waals surface area (Å²) in [7, 11) is 0. The number of benzene rings is 1. The highest BCUT2D eigenvalue weighted by atomic mass is 32.2. The second-order valence-electron chi connectivity index (χ2n) is 7.15. The van der Waals surface area contributed by atoms with E-state index in [1.807, 2.05) is 32.9 Å². The molecule has 0 radical (unpaired) electrons. The Kier molecular flexibility index (Phi) is 8.42. The molecular formula is C18H30N2O3S. The van der Waals surface area contributed by atoms with Gasteiger partial charge in [-0.2, -0.15) is 0 Å². The van der Waals surface area contributed by atoms with Crippen molar-refractivity contribution < 1.29 is 14.6 Å². The largest absolute Gasteiger partial charge is 0.508 e. The van der Waals surface area contributed by atoms with Gasteiger partial charge in [-0.1, -0.05) is 13.8 Å². The number of carbonyl (C=O) groups excluding carboxylic acids is 1. The summed E-state index contributed by atoms with van der Waals surface area (Å²) >= 11 is 1.67. The van der Waals surface area contributed by atoms with Gasteiger partial charge in [-0.25, -0.2) is 9.10 Å². The van der Waals surface area contributed by atoms with Crippen LogP contribution in [0.15, 0.2) is 29.2 Å². The Bertz CT molecular complexity index is 498. The maximum Gasteiger partial charge on any atom is 0.407 e. The summed E-state index contributed by atoms with van der Waals surface area (Å²) in [6.07, 6.45) is 0.473. The second-order valence-corrected chi connectivity index (χ2v) is 8.32. The van der Waals surface area contributed by atoms with Crippen LogP contribution >= 0.6 is 11.9 Å². The van der Waals surface area contributed by atoms with Crippen LogP contribution in [-0.2, 0) is 4.74 Å². The van der Waals surface area contributed by atoms with Gasteiger partial charge in [-0.05, 0) is 69.3 Å². The predicted octanol–water partition coefficient (Wildman–Crippen LogP) is 4.27. The lowest BCUT2D eigenvalue weighted by atomic mass is 10.2. The van der Waals surface area contributed by atoms with Crippen molar-refractivity contribution in [3.63, 3.8) is 0 Å². The van der Waals surface area contributed by atoms with Crippen molar-refractivity contribution in [2.75, 3.05) is 19.6 Å². The molecule has 0 aliphatic rings. The van der Waals surface area contributed by atoms with Crippen LogP contribution in [0.5, 0.6) is 5.75 Å². The zero-order chi connectivity index (χ0) is 18.2. The van der Waals surface area contributed by atoms with Gasteiger partial charge in [0.05, 0.1) is 0 Å². The minimum Gasteiger partial charge on any atom is -0.508 e. The third-order valence-corrected chi connectivity index (χ3v) is 3.97. The molecule has 0 aliphatic carbocycles. The van der Waals surface area contributed by atoms with Gasteiger partial charge in [-0.15, -0.1) is 0 Å². The van der Waals surface area contributed by atoms with Gasteiger partial charge < -0.3 is 15.2 Å². The van der Waals surface area contributed by atoms with Gasteiger partial charge in [0, 0.05) is 24.5 Å². The van der Waals surface area contributed by atoms with Gasteiger partial charge in [0.15, 0.2) is 0 Å². The molecule has 24 heavy (non-hydrogen) atoms. The molecule has 136 valence electrons. The molecule has 0 saturated carbocycles. The Hall–Kier alpha value is -1.40. The van der Waals surface area contributed by atoms with Gasteiger partial charge in [-0.3, -0.25) is 0 Å². The number of amides is 1. The first kappa shape index (κ1) is 20.6. The fourth-order valence-electron chi connectivity index (χ4n) is 2.00. The van der Waals surface area contributed by atoms with Crippen molar-refractivity contribution >= 4 is 18.0 Å². The summed E-state index contributed by atoms with van der Waals surface area (Å²) in [5.74, 6) is 0.824. The minimum atomic E-state index is -0.470. The molecule has 0 atom stereocenters. The minimum absolute atomic E-state index is 0.274. The van der Waals surface area contributed by atoms with E-state index in [0.717, 1.165) is 24.4 Å². The lowest BCUT2D eigenvalue weighted by Crippen LogP contribution is -2.34. The number of rotatable bonds is 8. The van der Waals surface area contributed by atoms with Crippen molar-refractivity contribution in [3.05, 3.63) is 24.3 Å². The molecule has 1 rings (SSSR count). The van der Waals surface area contributed by atoms with Crippen molar-refractivity contribution in [1.82, 2.24) is 9.62 Å². The summed E-state index contributed by atoms with van der Waals surface area (Å²) < 4.78 is 7.51. The molecule has 6 heteroatoms. The van der Waals surface area contributed by atoms with E-state index in [1.165, 1.54) is 0 Å². The maximum absolute atomic E-state index is 11.6. The average molecular weight is 355 g/mol. The molecule has 0 heterocycles. The summed E-state index contributed by atoms with van der Waals surface area (Å²) in [6.45, 7) is 12.3. The Morgan fingerprint density at radius 1 is 1.29 bits per heavy atom. The fraction of sp³-hybridized carbons (Fsp3) is 0.611. The number of hydrogen-bond donors (Lipinski definition) is 2. The molecule has 1 amide bonds. The molecule has 0 bridgehead atoms. The highest BCUT2D eigenvalue weighted by Crippen LogP contribution is 2.25. The van der Waals surface area contributed by atoms with E-state index in [4.69, 9.17) is 4.74 Å². The lowest BCUT2D eigenvalue weighted by Gasteiger charge is -2.23. The standard InChI is InChI=1S/C18H30N2O3S/c1-14(2)13-20(24-16-9-7-15(21)8-10-16)12-6-11-19-17(22)23-18(3,4)5/h7-10,14,21H,6,11-13H2,1-5H3,(H,19,22). The first-order valence-electron chi connectivity index (χ1n) is 8.34. The van der Waals surface area contributed by atoms with E-state index in [2.05, 4.69) is 23.5 Å². The first-order valence-corrected chi connectivity index (χ1v) is 9.12. The fourth-order valence-corrected chi connectivity index (χ4v) is 3.15. The number of alkyl carbamates (subject to hydrolysis) is 1. The molecule has 0 aromatic heterocycles. The zero-order valence-corrected chi connectivity index (χ0v) is 16.2. The van der Waals surface area contributed by atoms with E-state index in [1.54, 1.807) is 24.1 Å². The van der Waals surface area contributed by atoms with E-state index in [0.29, 0.717) is 12.5 Å². The van der Waals surface area contributed by atoms with Crippen LogP contribution < -0.4 is 5.32 Å². The van der Waals surface area contributed by atoms with Crippen LogP contribution in [0.1, 0.15) is 41.0 Å². The highest BCUT2D eigenvalue weighted by molar-refractivity contribution is 7.97. The smallest absolute Gasteiger partial charge is 0.407 e. The van der Waals surface area contributed by atoms with Gasteiger partial charge in [0.2, 0.25) is 0 Å². The van der Waals surface area contributed by atoms with Crippen LogP contribution in [0, 0.1) is 5.92 Å². The Labute approximate surface area is 149 Å². The normalized spacial score (nSPS) is 11.8. The molecule has 0 unspecified atom stereocenters. The van der Waals surface area contributed by atoms with Crippen molar-refractivity contribution in [3.8, 4) is 5.75 Å². The molecule has 0 fully saturated rings. The third-order valence-electron chi connectivity index (χ3n) is 2.89. The molecule has 1 aromatic carbocycles. The number of carbonyl (C=O) groups is 1. The average Bonchev–Trinajstić information content (AvgIpc) is 2.43. The second kappa shape index (κ2) is 9.79. The van der Waals surface area contributed by atoms with Crippen molar-refractivity contribution in [1.29, 1.82) is 0 Å². The predicted molar refractivity (Wildman–Crippen MR) is 99.2 cm³/mol. The van der Waals surface area contributed by atoms with Crippen LogP contribution in [0.25, 0.3) is 0 Å². The number of nitrogens with one attached hydrogen (secondary N) is 1. The maximum atomic E-state index is 11.6. The number of phenolic OH excluding ortho intramolecular Hbond substituents is 1. The van der Waals surface area contributed by atoms with Crippen LogP contribution in [0.2, 0.25) is 0 Å². The quantitative estimate of drug-likeness (QED) is 0.539. The number of ether oxygens (including phenoxy) is 1. The summed E-state index contributed by atoms with van der Waals surface area (Å²) in [6, 6.07) is 7.21. The molecule has 2 N–H and O–H groups in total. The summed E-state index contributed by atoms with van der Waals surface area (Å²) in [5.41, 5.74) is -0.470. The lowest BCUT2D eigenvalue weighted by molar-refractivity contribution is 0.0526. The van der Waals surface area contributed by atoms with Crippen LogP contribution in [-0.4, -0.2) is 40.7 Å². The summed E-state index contributed by atoms with van der Waals surface area (Å²) in [5, 5.41) is 12.2. The van der Waals surface area contributed by atoms with Crippen molar-refractivity contribution in [2.24, 2.45) is 5.92 Å². The Balaban J connectivity index is 2.40. The number of phenols is 1. The van der Waals surface area contributed by atoms with E-state index >= 15 is 0 Å². The van der Waals surface area contributed by atoms with Crippen molar-refractivity contribution in [2.45, 2.75) is 51.5 Å². The Morgan fingerprint density at radius 3 is 2.46 bits per heavy atom. The summed E-state index contributed by atoms with van der Waals surface area (Å²) in [4.78, 5) is 12.7. The number of hydrogen-bond acceptors (Lipinski definition) is 5. The number of nitrogens with zero attached hydrogens (tertiary/aromatic N) is 1. The zero-order valence-electron chi connectivity index (χ0n) is 15.3. The number of aromatic hydroxyl groups is 1.